The van der Waals surface area contributed by atoms with Gasteiger partial charge in [0.2, 0.25) is 0 Å². The van der Waals surface area contributed by atoms with Crippen LogP contribution >= 0.6 is 12.2 Å². The van der Waals surface area contributed by atoms with E-state index in [-0.39, 0.29) is 0 Å². The summed E-state index contributed by atoms with van der Waals surface area (Å²) in [6.45, 7) is 4.97. The van der Waals surface area contributed by atoms with Crippen LogP contribution in [0.1, 0.15) is 11.1 Å². The van der Waals surface area contributed by atoms with Crippen molar-refractivity contribution in [2.45, 2.75) is 20.0 Å². The second kappa shape index (κ2) is 8.50. The van der Waals surface area contributed by atoms with Crippen molar-refractivity contribution in [2.75, 3.05) is 23.7 Å². The maximum Gasteiger partial charge on any atom is 0.170 e. The van der Waals surface area contributed by atoms with Gasteiger partial charge < -0.3 is 21.1 Å². The van der Waals surface area contributed by atoms with Gasteiger partial charge in [-0.15, -0.1) is 0 Å². The molecule has 5 heteroatoms. The topological polar surface area (TPSA) is 56.3 Å². The first kappa shape index (κ1) is 17.2. The first-order chi connectivity index (χ1) is 11.0. The number of rotatable bonds is 6. The maximum absolute atomic E-state index is 10.1. The highest BCUT2D eigenvalue weighted by Gasteiger charge is 2.06. The largest absolute Gasteiger partial charge is 0.389 e. The van der Waals surface area contributed by atoms with E-state index < -0.39 is 6.10 Å². The van der Waals surface area contributed by atoms with E-state index in [0.717, 1.165) is 11.4 Å². The summed E-state index contributed by atoms with van der Waals surface area (Å²) in [6.07, 6.45) is -0.536. The Labute approximate surface area is 142 Å². The van der Waals surface area contributed by atoms with Gasteiger partial charge in [0, 0.05) is 24.5 Å². The van der Waals surface area contributed by atoms with Crippen molar-refractivity contribution >= 4 is 28.7 Å². The molecule has 1 atom stereocenters. The molecule has 1 unspecified atom stereocenters. The molecule has 0 saturated heterocycles. The van der Waals surface area contributed by atoms with Crippen molar-refractivity contribution in [3.8, 4) is 0 Å². The number of hydrogen-bond acceptors (Lipinski definition) is 3. The van der Waals surface area contributed by atoms with E-state index in [2.05, 4.69) is 41.9 Å². The van der Waals surface area contributed by atoms with Crippen LogP contribution in [0.4, 0.5) is 11.4 Å². The minimum Gasteiger partial charge on any atom is -0.389 e. The number of hydrogen-bond donors (Lipinski definition) is 4. The van der Waals surface area contributed by atoms with Gasteiger partial charge in [-0.2, -0.15) is 0 Å². The highest BCUT2D eigenvalue weighted by atomic mass is 32.1. The van der Waals surface area contributed by atoms with Gasteiger partial charge in [0.05, 0.1) is 6.10 Å². The molecular formula is C18H23N3OS. The Morgan fingerprint density at radius 2 is 1.83 bits per heavy atom. The lowest BCUT2D eigenvalue weighted by Gasteiger charge is -2.17. The Hall–Kier alpha value is -2.11. The van der Waals surface area contributed by atoms with Crippen LogP contribution in [0.2, 0.25) is 0 Å². The summed E-state index contributed by atoms with van der Waals surface area (Å²) in [4.78, 5) is 0. The van der Waals surface area contributed by atoms with Crippen LogP contribution in [-0.2, 0) is 0 Å². The molecule has 0 radical (unpaired) electrons. The van der Waals surface area contributed by atoms with Crippen molar-refractivity contribution in [2.24, 2.45) is 0 Å². The highest BCUT2D eigenvalue weighted by Crippen LogP contribution is 2.15. The number of nitrogens with one attached hydrogen (secondary N) is 3. The molecule has 0 amide bonds. The third-order valence-corrected chi connectivity index (χ3v) is 3.69. The smallest absolute Gasteiger partial charge is 0.170 e. The van der Waals surface area contributed by atoms with E-state index in [1.807, 2.05) is 36.4 Å². The zero-order chi connectivity index (χ0) is 16.7. The molecule has 0 aliphatic heterocycles. The molecule has 0 fully saturated rings. The van der Waals surface area contributed by atoms with Crippen LogP contribution < -0.4 is 16.0 Å². The molecule has 2 rings (SSSR count). The Kier molecular flexibility index (Phi) is 6.38. The Morgan fingerprint density at radius 1 is 1.09 bits per heavy atom. The first-order valence-electron chi connectivity index (χ1n) is 7.63. The summed E-state index contributed by atoms with van der Waals surface area (Å²) in [7, 11) is 0. The number of aliphatic hydroxyl groups is 1. The molecule has 0 saturated carbocycles. The van der Waals surface area contributed by atoms with Gasteiger partial charge in [-0.05, 0) is 49.8 Å². The lowest BCUT2D eigenvalue weighted by Crippen LogP contribution is -2.38. The number of benzene rings is 2. The average Bonchev–Trinajstić information content (AvgIpc) is 2.53. The Morgan fingerprint density at radius 3 is 2.52 bits per heavy atom. The maximum atomic E-state index is 10.1. The highest BCUT2D eigenvalue weighted by molar-refractivity contribution is 7.80. The van der Waals surface area contributed by atoms with Gasteiger partial charge >= 0.3 is 0 Å². The van der Waals surface area contributed by atoms with Crippen molar-refractivity contribution < 1.29 is 5.11 Å². The summed E-state index contributed by atoms with van der Waals surface area (Å²) in [6, 6.07) is 15.9. The van der Waals surface area contributed by atoms with Gasteiger partial charge in [0.25, 0.3) is 0 Å². The summed E-state index contributed by atoms with van der Waals surface area (Å²) >= 11 is 5.21. The van der Waals surface area contributed by atoms with Crippen LogP contribution in [0.5, 0.6) is 0 Å². The van der Waals surface area contributed by atoms with Gasteiger partial charge in [0.15, 0.2) is 5.11 Å². The van der Waals surface area contributed by atoms with Crippen molar-refractivity contribution in [1.82, 2.24) is 5.32 Å². The summed E-state index contributed by atoms with van der Waals surface area (Å²) in [5.41, 5.74) is 4.37. The first-order valence-corrected chi connectivity index (χ1v) is 8.04. The summed E-state index contributed by atoms with van der Waals surface area (Å²) in [5, 5.41) is 19.9. The second-order valence-corrected chi connectivity index (χ2v) is 5.96. The normalized spacial score (nSPS) is 11.6. The Bertz CT molecular complexity index is 646. The van der Waals surface area contributed by atoms with Crippen LogP contribution in [-0.4, -0.2) is 29.4 Å². The van der Waals surface area contributed by atoms with Crippen molar-refractivity contribution in [3.05, 3.63) is 59.7 Å². The third kappa shape index (κ3) is 5.88. The van der Waals surface area contributed by atoms with Crippen LogP contribution in [0, 0.1) is 13.8 Å². The molecule has 0 aliphatic rings. The SMILES string of the molecule is Cc1ccc(NCC(O)CNC(=S)Nc2ccccc2)c(C)c1. The van der Waals surface area contributed by atoms with Crippen molar-refractivity contribution in [1.29, 1.82) is 0 Å². The monoisotopic (exact) mass is 329 g/mol. The third-order valence-electron chi connectivity index (χ3n) is 3.44. The summed E-state index contributed by atoms with van der Waals surface area (Å²) in [5.74, 6) is 0. The molecule has 23 heavy (non-hydrogen) atoms. The molecule has 2 aromatic rings. The fourth-order valence-corrected chi connectivity index (χ4v) is 2.42. The van der Waals surface area contributed by atoms with E-state index in [1.165, 1.54) is 11.1 Å². The van der Waals surface area contributed by atoms with Gasteiger partial charge in [-0.3, -0.25) is 0 Å². The molecule has 4 nitrogen and oxygen atoms in total. The Balaban J connectivity index is 1.72. The predicted octanol–water partition coefficient (Wildman–Crippen LogP) is 3.06. The quantitative estimate of drug-likeness (QED) is 0.614. The minimum absolute atomic E-state index is 0.385. The van der Waals surface area contributed by atoms with Crippen LogP contribution in [0.3, 0.4) is 0 Å². The minimum atomic E-state index is -0.536. The molecule has 0 aliphatic carbocycles. The van der Waals surface area contributed by atoms with Gasteiger partial charge in [0.1, 0.15) is 0 Å². The van der Waals surface area contributed by atoms with E-state index in [4.69, 9.17) is 12.2 Å². The van der Waals surface area contributed by atoms with E-state index in [0.29, 0.717) is 18.2 Å². The molecule has 0 spiro atoms. The number of anilines is 2. The molecule has 4 N–H and O–H groups in total. The van der Waals surface area contributed by atoms with Crippen molar-refractivity contribution in [3.63, 3.8) is 0 Å². The van der Waals surface area contributed by atoms with Crippen LogP contribution in [0.15, 0.2) is 48.5 Å². The summed E-state index contributed by atoms with van der Waals surface area (Å²) < 4.78 is 0. The van der Waals surface area contributed by atoms with E-state index in [1.54, 1.807) is 0 Å². The van der Waals surface area contributed by atoms with Crippen LogP contribution in [0.25, 0.3) is 0 Å². The van der Waals surface area contributed by atoms with E-state index in [9.17, 15) is 5.11 Å². The fourth-order valence-electron chi connectivity index (χ4n) is 2.22. The number of aliphatic hydroxyl groups excluding tert-OH is 1. The van der Waals surface area contributed by atoms with Gasteiger partial charge in [-0.1, -0.05) is 35.9 Å². The molecule has 0 aromatic heterocycles. The second-order valence-electron chi connectivity index (χ2n) is 5.55. The number of para-hydroxylation sites is 1. The molecule has 2 aromatic carbocycles. The fraction of sp³-hybridized carbons (Fsp3) is 0.278. The molecule has 0 heterocycles. The predicted molar refractivity (Wildman–Crippen MR) is 101 cm³/mol. The van der Waals surface area contributed by atoms with Gasteiger partial charge in [-0.25, -0.2) is 0 Å². The molecule has 0 bridgehead atoms. The lowest BCUT2D eigenvalue weighted by molar-refractivity contribution is 0.191. The standard InChI is InChI=1S/C18H23N3OS/c1-13-8-9-17(14(2)10-13)19-11-16(22)12-20-18(23)21-15-6-4-3-5-7-15/h3-10,16,19,22H,11-12H2,1-2H3,(H2,20,21,23). The van der Waals surface area contributed by atoms with E-state index >= 15 is 0 Å². The number of aryl methyl sites for hydroxylation is 2. The molecule has 122 valence electrons. The number of thiocarbonyl (C=S) groups is 1. The zero-order valence-corrected chi connectivity index (χ0v) is 14.3. The average molecular weight is 329 g/mol. The lowest BCUT2D eigenvalue weighted by atomic mass is 10.1. The zero-order valence-electron chi connectivity index (χ0n) is 13.5. The molecular weight excluding hydrogens is 306 g/mol.